The quantitative estimate of drug-likeness (QED) is 0.589. The summed E-state index contributed by atoms with van der Waals surface area (Å²) in [4.78, 5) is 37.3. The molecule has 0 atom stereocenters. The molecule has 0 amide bonds. The van der Waals surface area contributed by atoms with E-state index in [4.69, 9.17) is 0 Å². The van der Waals surface area contributed by atoms with E-state index in [-0.39, 0.29) is 0 Å². The van der Waals surface area contributed by atoms with Crippen LogP contribution in [0.1, 0.15) is 50.0 Å². The average molecular weight is 333 g/mol. The van der Waals surface area contributed by atoms with Crippen LogP contribution in [0.3, 0.4) is 0 Å². The second-order valence-electron chi connectivity index (χ2n) is 6.71. The minimum Gasteiger partial charge on any atom is -0.468 e. The van der Waals surface area contributed by atoms with Crippen molar-refractivity contribution in [3.63, 3.8) is 0 Å². The van der Waals surface area contributed by atoms with E-state index in [0.29, 0.717) is 18.8 Å². The fourth-order valence-corrected chi connectivity index (χ4v) is 3.74. The van der Waals surface area contributed by atoms with Gasteiger partial charge in [-0.25, -0.2) is 0 Å². The van der Waals surface area contributed by atoms with Crippen molar-refractivity contribution in [2.45, 2.75) is 50.0 Å². The summed E-state index contributed by atoms with van der Waals surface area (Å²) in [5.74, 6) is -3.07. The van der Waals surface area contributed by atoms with Crippen LogP contribution in [-0.2, 0) is 29.4 Å². The number of esters is 2. The first-order valence-corrected chi connectivity index (χ1v) is 8.42. The molecule has 0 saturated heterocycles. The first-order valence-electron chi connectivity index (χ1n) is 8.42. The fourth-order valence-electron chi connectivity index (χ4n) is 3.74. The number of rotatable bonds is 6. The molecule has 2 fully saturated rings. The molecule has 0 radical (unpaired) electrons. The summed E-state index contributed by atoms with van der Waals surface area (Å²) in [6.07, 6.45) is 9.28. The number of carbonyl (C=O) groups is 3. The molecule has 0 spiro atoms. The van der Waals surface area contributed by atoms with Crippen LogP contribution in [0.4, 0.5) is 0 Å². The van der Waals surface area contributed by atoms with Crippen LogP contribution in [0, 0.1) is 5.92 Å². The van der Waals surface area contributed by atoms with Crippen LogP contribution in [0.25, 0.3) is 0 Å². The minimum atomic E-state index is -1.52. The number of ether oxygens (including phenoxy) is 2. The van der Waals surface area contributed by atoms with Crippen molar-refractivity contribution >= 4 is 17.7 Å². The SMILES string of the molecule is COC(=O)C(C(=O)OC)C(=O)C1(n2ccc(C3CC3)c2)CCCC1. The highest BCUT2D eigenvalue weighted by molar-refractivity contribution is 6.17. The van der Waals surface area contributed by atoms with Crippen LogP contribution >= 0.6 is 0 Å². The molecule has 130 valence electrons. The summed E-state index contributed by atoms with van der Waals surface area (Å²) in [5, 5.41) is 0. The Labute approximate surface area is 141 Å². The van der Waals surface area contributed by atoms with E-state index < -0.39 is 29.2 Å². The molecule has 6 heteroatoms. The first-order chi connectivity index (χ1) is 11.5. The van der Waals surface area contributed by atoms with Gasteiger partial charge in [0.1, 0.15) is 5.54 Å². The van der Waals surface area contributed by atoms with E-state index >= 15 is 0 Å². The van der Waals surface area contributed by atoms with Gasteiger partial charge in [-0.05, 0) is 43.2 Å². The van der Waals surface area contributed by atoms with Crippen LogP contribution < -0.4 is 0 Å². The molecule has 1 heterocycles. The molecule has 0 aliphatic heterocycles. The molecule has 2 aliphatic rings. The third-order valence-electron chi connectivity index (χ3n) is 5.28. The second kappa shape index (κ2) is 6.42. The van der Waals surface area contributed by atoms with Gasteiger partial charge in [-0.3, -0.25) is 14.4 Å². The fraction of sp³-hybridized carbons (Fsp3) is 0.611. The maximum absolute atomic E-state index is 13.2. The Morgan fingerprint density at radius 3 is 2.21 bits per heavy atom. The first kappa shape index (κ1) is 16.7. The van der Waals surface area contributed by atoms with Crippen molar-refractivity contribution in [2.75, 3.05) is 14.2 Å². The third kappa shape index (κ3) is 2.74. The predicted octanol–water partition coefficient (Wildman–Crippen LogP) is 2.17. The number of carbonyl (C=O) groups excluding carboxylic acids is 3. The van der Waals surface area contributed by atoms with Crippen LogP contribution in [0.5, 0.6) is 0 Å². The predicted molar refractivity (Wildman–Crippen MR) is 85.4 cm³/mol. The van der Waals surface area contributed by atoms with Gasteiger partial charge in [0, 0.05) is 12.4 Å². The lowest BCUT2D eigenvalue weighted by molar-refractivity contribution is -0.163. The molecule has 1 aromatic rings. The Balaban J connectivity index is 1.97. The molecule has 0 bridgehead atoms. The van der Waals surface area contributed by atoms with Gasteiger partial charge in [0.2, 0.25) is 5.92 Å². The van der Waals surface area contributed by atoms with Gasteiger partial charge in [-0.15, -0.1) is 0 Å². The Bertz CT molecular complexity index is 636. The van der Waals surface area contributed by atoms with E-state index in [1.165, 1.54) is 32.6 Å². The van der Waals surface area contributed by atoms with E-state index in [0.717, 1.165) is 12.8 Å². The highest BCUT2D eigenvalue weighted by Crippen LogP contribution is 2.44. The number of hydrogen-bond donors (Lipinski definition) is 0. The maximum atomic E-state index is 13.2. The zero-order valence-corrected chi connectivity index (χ0v) is 14.1. The Kier molecular flexibility index (Phi) is 4.47. The molecule has 6 nitrogen and oxygen atoms in total. The molecule has 0 N–H and O–H groups in total. The molecule has 1 aromatic heterocycles. The summed E-state index contributed by atoms with van der Waals surface area (Å²) < 4.78 is 11.3. The summed E-state index contributed by atoms with van der Waals surface area (Å²) in [6, 6.07) is 2.04. The third-order valence-corrected chi connectivity index (χ3v) is 5.28. The van der Waals surface area contributed by atoms with Gasteiger partial charge < -0.3 is 14.0 Å². The number of aromatic nitrogens is 1. The van der Waals surface area contributed by atoms with Crippen molar-refractivity contribution in [3.05, 3.63) is 24.0 Å². The summed E-state index contributed by atoms with van der Waals surface area (Å²) in [5.41, 5.74) is 0.363. The van der Waals surface area contributed by atoms with Gasteiger partial charge in [-0.2, -0.15) is 0 Å². The molecule has 2 aliphatic carbocycles. The monoisotopic (exact) mass is 333 g/mol. The number of hydrogen-bond acceptors (Lipinski definition) is 5. The topological polar surface area (TPSA) is 74.6 Å². The van der Waals surface area contributed by atoms with Gasteiger partial charge in [-0.1, -0.05) is 12.8 Å². The van der Waals surface area contributed by atoms with Crippen molar-refractivity contribution in [1.29, 1.82) is 0 Å². The van der Waals surface area contributed by atoms with E-state index in [1.807, 2.05) is 23.0 Å². The van der Waals surface area contributed by atoms with E-state index in [1.54, 1.807) is 0 Å². The van der Waals surface area contributed by atoms with Gasteiger partial charge in [0.25, 0.3) is 0 Å². The van der Waals surface area contributed by atoms with Gasteiger partial charge >= 0.3 is 11.9 Å². The van der Waals surface area contributed by atoms with Crippen molar-refractivity contribution < 1.29 is 23.9 Å². The lowest BCUT2D eigenvalue weighted by atomic mass is 9.83. The molecule has 0 aromatic carbocycles. The number of nitrogens with zero attached hydrogens (tertiary/aromatic N) is 1. The van der Waals surface area contributed by atoms with Crippen molar-refractivity contribution in [2.24, 2.45) is 5.92 Å². The smallest absolute Gasteiger partial charge is 0.327 e. The minimum absolute atomic E-state index is 0.420. The lowest BCUT2D eigenvalue weighted by Gasteiger charge is -2.31. The molecular weight excluding hydrogens is 310 g/mol. The molecule has 24 heavy (non-hydrogen) atoms. The van der Waals surface area contributed by atoms with Crippen molar-refractivity contribution in [3.8, 4) is 0 Å². The normalized spacial score (nSPS) is 19.3. The number of methoxy groups -OCH3 is 2. The van der Waals surface area contributed by atoms with Crippen LogP contribution in [-0.4, -0.2) is 36.5 Å². The molecular formula is C18H23NO5. The molecule has 2 saturated carbocycles. The van der Waals surface area contributed by atoms with E-state index in [2.05, 4.69) is 9.47 Å². The van der Waals surface area contributed by atoms with Crippen molar-refractivity contribution in [1.82, 2.24) is 4.57 Å². The highest BCUT2D eigenvalue weighted by Gasteiger charge is 2.51. The Morgan fingerprint density at radius 1 is 1.12 bits per heavy atom. The van der Waals surface area contributed by atoms with Gasteiger partial charge in [0.15, 0.2) is 5.78 Å². The second-order valence-corrected chi connectivity index (χ2v) is 6.71. The lowest BCUT2D eigenvalue weighted by Crippen LogP contribution is -2.48. The van der Waals surface area contributed by atoms with E-state index in [9.17, 15) is 14.4 Å². The van der Waals surface area contributed by atoms with Crippen LogP contribution in [0.15, 0.2) is 18.5 Å². The summed E-state index contributed by atoms with van der Waals surface area (Å²) >= 11 is 0. The van der Waals surface area contributed by atoms with Crippen LogP contribution in [0.2, 0.25) is 0 Å². The zero-order valence-electron chi connectivity index (χ0n) is 14.1. The Morgan fingerprint density at radius 2 is 1.71 bits per heavy atom. The summed E-state index contributed by atoms with van der Waals surface area (Å²) in [6.45, 7) is 0. The average Bonchev–Trinajstić information content (AvgIpc) is 3.12. The largest absolute Gasteiger partial charge is 0.468 e. The number of ketones is 1. The standard InChI is InChI=1S/C18H23NO5/c1-23-16(21)14(17(22)24-2)15(20)18(8-3-4-9-18)19-10-7-13(11-19)12-5-6-12/h7,10-12,14H,3-6,8-9H2,1-2H3. The zero-order chi connectivity index (χ0) is 17.3. The number of Topliss-reactive ketones (excluding diaryl/α,β-unsaturated/α-hetero) is 1. The summed E-state index contributed by atoms with van der Waals surface area (Å²) in [7, 11) is 2.35. The Hall–Kier alpha value is -2.11. The molecule has 0 unspecified atom stereocenters. The maximum Gasteiger partial charge on any atom is 0.327 e. The van der Waals surface area contributed by atoms with Gasteiger partial charge in [0.05, 0.1) is 14.2 Å². The highest BCUT2D eigenvalue weighted by atomic mass is 16.5. The molecule has 3 rings (SSSR count).